The molecule has 6 nitrogen and oxygen atoms in total. The molecule has 0 bridgehead atoms. The van der Waals surface area contributed by atoms with Crippen LogP contribution in [0.1, 0.15) is 11.9 Å². The van der Waals surface area contributed by atoms with E-state index in [0.29, 0.717) is 0 Å². The Morgan fingerprint density at radius 3 is 2.55 bits per heavy atom. The Morgan fingerprint density at radius 2 is 1.90 bits per heavy atom. The largest absolute Gasteiger partial charge is 0.388 e. The molecule has 2 unspecified atom stereocenters. The second kappa shape index (κ2) is 5.80. The summed E-state index contributed by atoms with van der Waals surface area (Å²) in [5.41, 5.74) is 0.276. The summed E-state index contributed by atoms with van der Waals surface area (Å²) in [7, 11) is 1.33. The minimum Gasteiger partial charge on any atom is -0.388 e. The Kier molecular flexibility index (Phi) is 4.29. The number of benzene rings is 1. The predicted molar refractivity (Wildman–Crippen MR) is 64.9 cm³/mol. The molecule has 0 fully saturated rings. The normalized spacial score (nSPS) is 16.3. The fourth-order valence-corrected chi connectivity index (χ4v) is 1.81. The van der Waals surface area contributed by atoms with E-state index < -0.39 is 29.9 Å². The average molecular weight is 288 g/mol. The zero-order valence-electron chi connectivity index (χ0n) is 10.5. The van der Waals surface area contributed by atoms with Crippen LogP contribution in [0.4, 0.5) is 8.78 Å². The van der Waals surface area contributed by atoms with E-state index in [0.717, 1.165) is 12.1 Å². The van der Waals surface area contributed by atoms with E-state index in [2.05, 4.69) is 14.7 Å². The van der Waals surface area contributed by atoms with Gasteiger partial charge in [0.25, 0.3) is 0 Å². The van der Waals surface area contributed by atoms with Crippen LogP contribution in [-0.2, 0) is 4.74 Å². The van der Waals surface area contributed by atoms with Crippen molar-refractivity contribution in [2.24, 2.45) is 0 Å². The maximum Gasteiger partial charge on any atom is 0.161 e. The van der Waals surface area contributed by atoms with Crippen LogP contribution < -0.4 is 0 Å². The number of nitrogens with zero attached hydrogens (tertiary/aromatic N) is 1. The Morgan fingerprint density at radius 1 is 1.25 bits per heavy atom. The van der Waals surface area contributed by atoms with Gasteiger partial charge in [0.2, 0.25) is 0 Å². The Balaban J connectivity index is 2.28. The van der Waals surface area contributed by atoms with Gasteiger partial charge in [-0.1, -0.05) is 0 Å². The molecule has 0 spiro atoms. The predicted octanol–water partition coefficient (Wildman–Crippen LogP) is 0.243. The highest BCUT2D eigenvalue weighted by Crippen LogP contribution is 2.22. The lowest BCUT2D eigenvalue weighted by molar-refractivity contribution is -0.0856. The number of aliphatic hydroxyl groups excluding tert-OH is 3. The molecule has 0 saturated heterocycles. The van der Waals surface area contributed by atoms with Gasteiger partial charge in [-0.2, -0.15) is 0 Å². The lowest BCUT2D eigenvalue weighted by Gasteiger charge is -2.20. The number of fused-ring (bicyclic) bond motifs is 1. The molecule has 1 aromatic carbocycles. The molecule has 2 aromatic rings. The third kappa shape index (κ3) is 2.78. The molecule has 2 rings (SSSR count). The summed E-state index contributed by atoms with van der Waals surface area (Å²) in [6, 6.07) is 1.77. The van der Waals surface area contributed by atoms with Crippen LogP contribution in [0.25, 0.3) is 11.0 Å². The summed E-state index contributed by atoms with van der Waals surface area (Å²) in [6.45, 7) is -0.179. The SMILES string of the molecule is COC[C@@H](O)C(O)C(O)c1nc2cc(F)c(F)cc2[nH]1. The highest BCUT2D eigenvalue weighted by Gasteiger charge is 2.28. The van der Waals surface area contributed by atoms with E-state index in [4.69, 9.17) is 0 Å². The number of aromatic nitrogens is 2. The second-order valence-electron chi connectivity index (χ2n) is 4.36. The summed E-state index contributed by atoms with van der Waals surface area (Å²) in [6.07, 6.45) is -4.42. The van der Waals surface area contributed by atoms with E-state index in [1.165, 1.54) is 7.11 Å². The van der Waals surface area contributed by atoms with Gasteiger partial charge < -0.3 is 25.0 Å². The van der Waals surface area contributed by atoms with Gasteiger partial charge in [-0.15, -0.1) is 0 Å². The quantitative estimate of drug-likeness (QED) is 0.632. The Bertz CT molecular complexity index is 565. The summed E-state index contributed by atoms with van der Waals surface area (Å²) >= 11 is 0. The van der Waals surface area contributed by atoms with Crippen molar-refractivity contribution < 1.29 is 28.8 Å². The van der Waals surface area contributed by atoms with Gasteiger partial charge in [-0.3, -0.25) is 0 Å². The van der Waals surface area contributed by atoms with E-state index in [9.17, 15) is 24.1 Å². The van der Waals surface area contributed by atoms with Gasteiger partial charge in [0.05, 0.1) is 17.6 Å². The molecule has 0 saturated carbocycles. The first-order valence-electron chi connectivity index (χ1n) is 5.81. The van der Waals surface area contributed by atoms with Crippen LogP contribution in [0.3, 0.4) is 0 Å². The molecule has 0 aliphatic rings. The number of nitrogens with one attached hydrogen (secondary N) is 1. The van der Waals surface area contributed by atoms with Crippen molar-refractivity contribution in [2.75, 3.05) is 13.7 Å². The van der Waals surface area contributed by atoms with Crippen molar-refractivity contribution >= 4 is 11.0 Å². The number of ether oxygens (including phenoxy) is 1. The van der Waals surface area contributed by atoms with Gasteiger partial charge in [0.1, 0.15) is 24.1 Å². The third-order valence-electron chi connectivity index (χ3n) is 2.88. The molecule has 0 amide bonds. The monoisotopic (exact) mass is 288 g/mol. The molecule has 0 radical (unpaired) electrons. The number of halogens is 2. The topological polar surface area (TPSA) is 98.6 Å². The number of H-pyrrole nitrogens is 1. The van der Waals surface area contributed by atoms with E-state index in [-0.39, 0.29) is 23.5 Å². The fraction of sp³-hybridized carbons (Fsp3) is 0.417. The van der Waals surface area contributed by atoms with E-state index in [1.807, 2.05) is 0 Å². The van der Waals surface area contributed by atoms with Crippen molar-refractivity contribution in [2.45, 2.75) is 18.3 Å². The maximum absolute atomic E-state index is 13.1. The Hall–Kier alpha value is -1.61. The van der Waals surface area contributed by atoms with Gasteiger partial charge in [0, 0.05) is 19.2 Å². The summed E-state index contributed by atoms with van der Waals surface area (Å²) in [5, 5.41) is 29.1. The van der Waals surface area contributed by atoms with Gasteiger partial charge in [-0.05, 0) is 0 Å². The second-order valence-corrected chi connectivity index (χ2v) is 4.36. The molecule has 1 aromatic heterocycles. The number of hydrogen-bond donors (Lipinski definition) is 4. The molecular formula is C12H14F2N2O4. The first kappa shape index (κ1) is 14.8. The van der Waals surface area contributed by atoms with Crippen LogP contribution >= 0.6 is 0 Å². The molecule has 1 heterocycles. The number of aliphatic hydroxyl groups is 3. The summed E-state index contributed by atoms with van der Waals surface area (Å²) < 4.78 is 30.8. The van der Waals surface area contributed by atoms with E-state index in [1.54, 1.807) is 0 Å². The number of aromatic amines is 1. The standard InChI is InChI=1S/C12H14F2N2O4/c1-20-4-9(17)10(18)11(19)12-15-7-2-5(13)6(14)3-8(7)16-12/h2-3,9-11,17-19H,4H2,1H3,(H,15,16)/t9-,10?,11?/m1/s1. The third-order valence-corrected chi connectivity index (χ3v) is 2.88. The first-order valence-corrected chi connectivity index (χ1v) is 5.81. The summed E-state index contributed by atoms with van der Waals surface area (Å²) in [4.78, 5) is 6.42. The van der Waals surface area contributed by atoms with Crippen LogP contribution in [-0.4, -0.2) is 51.2 Å². The molecule has 3 atom stereocenters. The van der Waals surface area contributed by atoms with Crippen LogP contribution in [0, 0.1) is 11.6 Å². The van der Waals surface area contributed by atoms with Crippen LogP contribution in [0.15, 0.2) is 12.1 Å². The molecule has 0 aliphatic heterocycles. The van der Waals surface area contributed by atoms with Crippen LogP contribution in [0.5, 0.6) is 0 Å². The van der Waals surface area contributed by atoms with Crippen molar-refractivity contribution in [3.05, 3.63) is 29.6 Å². The smallest absolute Gasteiger partial charge is 0.161 e. The Labute approximate surface area is 112 Å². The molecule has 20 heavy (non-hydrogen) atoms. The minimum absolute atomic E-state index is 0.103. The van der Waals surface area contributed by atoms with E-state index >= 15 is 0 Å². The summed E-state index contributed by atoms with van der Waals surface area (Å²) in [5.74, 6) is -2.22. The molecule has 110 valence electrons. The van der Waals surface area contributed by atoms with Crippen molar-refractivity contribution in [3.63, 3.8) is 0 Å². The number of rotatable bonds is 5. The number of methoxy groups -OCH3 is 1. The maximum atomic E-state index is 13.1. The van der Waals surface area contributed by atoms with Crippen molar-refractivity contribution in [1.29, 1.82) is 0 Å². The molecule has 0 aliphatic carbocycles. The average Bonchev–Trinajstić information content (AvgIpc) is 2.80. The molecular weight excluding hydrogens is 274 g/mol. The number of hydrogen-bond acceptors (Lipinski definition) is 5. The first-order chi connectivity index (χ1) is 9.43. The zero-order valence-corrected chi connectivity index (χ0v) is 10.5. The minimum atomic E-state index is -1.55. The lowest BCUT2D eigenvalue weighted by atomic mass is 10.1. The van der Waals surface area contributed by atoms with Crippen molar-refractivity contribution in [3.8, 4) is 0 Å². The molecule has 8 heteroatoms. The number of imidazole rings is 1. The fourth-order valence-electron chi connectivity index (χ4n) is 1.81. The van der Waals surface area contributed by atoms with Crippen molar-refractivity contribution in [1.82, 2.24) is 9.97 Å². The molecule has 4 N–H and O–H groups in total. The lowest BCUT2D eigenvalue weighted by Crippen LogP contribution is -2.35. The van der Waals surface area contributed by atoms with Gasteiger partial charge in [0.15, 0.2) is 11.6 Å². The van der Waals surface area contributed by atoms with Gasteiger partial charge >= 0.3 is 0 Å². The zero-order chi connectivity index (χ0) is 14.9. The highest BCUT2D eigenvalue weighted by atomic mass is 19.2. The van der Waals surface area contributed by atoms with Crippen LogP contribution in [0.2, 0.25) is 0 Å². The van der Waals surface area contributed by atoms with Gasteiger partial charge in [-0.25, -0.2) is 13.8 Å². The highest BCUT2D eigenvalue weighted by molar-refractivity contribution is 5.75.